The zero-order chi connectivity index (χ0) is 11.6. The normalized spacial score (nSPS) is 10.5. The van der Waals surface area contributed by atoms with Crippen molar-refractivity contribution in [3.8, 4) is 0 Å². The van der Waals surface area contributed by atoms with E-state index in [4.69, 9.17) is 5.73 Å². The molecule has 1 rings (SSSR count). The number of nitrogens with two attached hydrogens (primary N) is 1. The Morgan fingerprint density at radius 1 is 1.33 bits per heavy atom. The lowest BCUT2D eigenvalue weighted by Crippen LogP contribution is -2.22. The van der Waals surface area contributed by atoms with Crippen molar-refractivity contribution in [3.05, 3.63) is 29.3 Å². The monoisotopic (exact) mass is 231 g/mol. The van der Waals surface area contributed by atoms with Crippen LogP contribution in [0, 0.1) is 11.6 Å². The van der Waals surface area contributed by atoms with Crippen molar-refractivity contribution in [3.63, 3.8) is 0 Å². The van der Waals surface area contributed by atoms with Gasteiger partial charge in [-0.2, -0.15) is 0 Å². The molecule has 0 spiro atoms. The smallest absolute Gasteiger partial charge is 0.151 e. The standard InChI is InChI=1S/C9H11F2N3S/c1-14(2)13-8-6(10)3-5(9(12)15)4-7(8)11/h3-4,13H,1-2H3,(H2,12,15). The van der Waals surface area contributed by atoms with Crippen LogP contribution in [0.1, 0.15) is 5.56 Å². The molecule has 1 aromatic carbocycles. The Labute approximate surface area is 91.8 Å². The third-order valence-corrected chi connectivity index (χ3v) is 1.90. The van der Waals surface area contributed by atoms with Crippen LogP contribution in [0.5, 0.6) is 0 Å². The summed E-state index contributed by atoms with van der Waals surface area (Å²) in [4.78, 5) is -0.0378. The molecule has 82 valence electrons. The van der Waals surface area contributed by atoms with Gasteiger partial charge in [-0.05, 0) is 12.1 Å². The van der Waals surface area contributed by atoms with Crippen molar-refractivity contribution in [2.45, 2.75) is 0 Å². The second-order valence-electron chi connectivity index (χ2n) is 3.19. The summed E-state index contributed by atoms with van der Waals surface area (Å²) in [6.45, 7) is 0. The van der Waals surface area contributed by atoms with Gasteiger partial charge in [0.05, 0.1) is 0 Å². The average Bonchev–Trinajstić information content (AvgIpc) is 2.10. The van der Waals surface area contributed by atoms with Crippen LogP contribution in [-0.4, -0.2) is 24.1 Å². The van der Waals surface area contributed by atoms with Gasteiger partial charge in [0.2, 0.25) is 0 Å². The molecule has 0 unspecified atom stereocenters. The summed E-state index contributed by atoms with van der Waals surface area (Å²) in [5.74, 6) is -1.46. The molecular formula is C9H11F2N3S. The van der Waals surface area contributed by atoms with Crippen LogP contribution in [0.25, 0.3) is 0 Å². The van der Waals surface area contributed by atoms with Crippen LogP contribution >= 0.6 is 12.2 Å². The number of hydrogen-bond donors (Lipinski definition) is 2. The minimum Gasteiger partial charge on any atom is -0.389 e. The van der Waals surface area contributed by atoms with Gasteiger partial charge in [0, 0.05) is 19.7 Å². The molecule has 3 nitrogen and oxygen atoms in total. The molecule has 0 saturated carbocycles. The lowest BCUT2D eigenvalue weighted by atomic mass is 10.2. The largest absolute Gasteiger partial charge is 0.389 e. The first-order valence-electron chi connectivity index (χ1n) is 4.14. The number of thiocarbonyl (C=S) groups is 1. The zero-order valence-corrected chi connectivity index (χ0v) is 9.16. The Kier molecular flexibility index (Phi) is 3.54. The first-order valence-corrected chi connectivity index (χ1v) is 4.55. The molecule has 0 fully saturated rings. The molecule has 0 saturated heterocycles. The van der Waals surface area contributed by atoms with Crippen LogP contribution < -0.4 is 11.2 Å². The highest BCUT2D eigenvalue weighted by Crippen LogP contribution is 2.20. The van der Waals surface area contributed by atoms with Crippen molar-refractivity contribution in [2.75, 3.05) is 19.5 Å². The van der Waals surface area contributed by atoms with Gasteiger partial charge in [0.15, 0.2) is 11.6 Å². The average molecular weight is 231 g/mol. The van der Waals surface area contributed by atoms with Gasteiger partial charge in [0.25, 0.3) is 0 Å². The molecule has 0 aliphatic rings. The Morgan fingerprint density at radius 3 is 2.13 bits per heavy atom. The van der Waals surface area contributed by atoms with Gasteiger partial charge in [-0.25, -0.2) is 13.8 Å². The van der Waals surface area contributed by atoms with E-state index >= 15 is 0 Å². The predicted octanol–water partition coefficient (Wildman–Crippen LogP) is 1.49. The van der Waals surface area contributed by atoms with E-state index in [-0.39, 0.29) is 16.2 Å². The predicted molar refractivity (Wildman–Crippen MR) is 59.6 cm³/mol. The maximum Gasteiger partial charge on any atom is 0.151 e. The molecule has 1 aromatic rings. The maximum absolute atomic E-state index is 13.4. The van der Waals surface area contributed by atoms with E-state index in [0.29, 0.717) is 0 Å². The van der Waals surface area contributed by atoms with Crippen LogP contribution in [0.2, 0.25) is 0 Å². The number of nitrogens with one attached hydrogen (secondary N) is 1. The molecule has 0 bridgehead atoms. The maximum atomic E-state index is 13.4. The van der Waals surface area contributed by atoms with E-state index in [1.807, 2.05) is 0 Å². The number of nitrogens with zero attached hydrogens (tertiary/aromatic N) is 1. The minimum atomic E-state index is -0.730. The quantitative estimate of drug-likeness (QED) is 0.611. The highest BCUT2D eigenvalue weighted by Gasteiger charge is 2.12. The number of benzene rings is 1. The summed E-state index contributed by atoms with van der Waals surface area (Å²) in [6, 6.07) is 2.19. The fourth-order valence-electron chi connectivity index (χ4n) is 1.05. The molecule has 15 heavy (non-hydrogen) atoms. The highest BCUT2D eigenvalue weighted by atomic mass is 32.1. The van der Waals surface area contributed by atoms with Crippen LogP contribution in [0.3, 0.4) is 0 Å². The Bertz CT molecular complexity index is 370. The van der Waals surface area contributed by atoms with Crippen LogP contribution in [-0.2, 0) is 0 Å². The van der Waals surface area contributed by atoms with E-state index in [2.05, 4.69) is 17.6 Å². The highest BCUT2D eigenvalue weighted by molar-refractivity contribution is 7.80. The van der Waals surface area contributed by atoms with Gasteiger partial charge < -0.3 is 11.2 Å². The van der Waals surface area contributed by atoms with Crippen molar-refractivity contribution < 1.29 is 8.78 Å². The van der Waals surface area contributed by atoms with Crippen LogP contribution in [0.4, 0.5) is 14.5 Å². The first-order chi connectivity index (χ1) is 6.91. The molecule has 0 aromatic heterocycles. The van der Waals surface area contributed by atoms with Gasteiger partial charge in [-0.15, -0.1) is 0 Å². The van der Waals surface area contributed by atoms with E-state index in [0.717, 1.165) is 12.1 Å². The van der Waals surface area contributed by atoms with Crippen LogP contribution in [0.15, 0.2) is 12.1 Å². The van der Waals surface area contributed by atoms with E-state index in [1.54, 1.807) is 14.1 Å². The molecule has 0 heterocycles. The molecule has 0 radical (unpaired) electrons. The zero-order valence-electron chi connectivity index (χ0n) is 8.34. The topological polar surface area (TPSA) is 41.3 Å². The lowest BCUT2D eigenvalue weighted by Gasteiger charge is -2.15. The Morgan fingerprint density at radius 2 is 1.80 bits per heavy atom. The molecule has 6 heteroatoms. The summed E-state index contributed by atoms with van der Waals surface area (Å²) in [5.41, 5.74) is 7.73. The molecule has 0 atom stereocenters. The van der Waals surface area contributed by atoms with E-state index < -0.39 is 11.6 Å². The minimum absolute atomic E-state index is 0.0378. The first kappa shape index (κ1) is 11.8. The molecule has 0 amide bonds. The number of rotatable bonds is 3. The number of hydrazine groups is 1. The summed E-state index contributed by atoms with van der Waals surface area (Å²) in [7, 11) is 3.25. The van der Waals surface area contributed by atoms with Gasteiger partial charge >= 0.3 is 0 Å². The summed E-state index contributed by atoms with van der Waals surface area (Å²) in [6.07, 6.45) is 0. The molecule has 3 N–H and O–H groups in total. The van der Waals surface area contributed by atoms with E-state index in [1.165, 1.54) is 5.01 Å². The van der Waals surface area contributed by atoms with Gasteiger partial charge in [-0.3, -0.25) is 0 Å². The summed E-state index contributed by atoms with van der Waals surface area (Å²) >= 11 is 4.63. The number of halogens is 2. The van der Waals surface area contributed by atoms with Crippen molar-refractivity contribution >= 4 is 22.9 Å². The third-order valence-electron chi connectivity index (χ3n) is 1.66. The van der Waals surface area contributed by atoms with Crippen molar-refractivity contribution in [1.29, 1.82) is 0 Å². The molecule has 0 aliphatic heterocycles. The molecular weight excluding hydrogens is 220 g/mol. The van der Waals surface area contributed by atoms with Gasteiger partial charge in [-0.1, -0.05) is 12.2 Å². The number of hydrogen-bond acceptors (Lipinski definition) is 3. The second-order valence-corrected chi connectivity index (χ2v) is 3.63. The molecule has 0 aliphatic carbocycles. The second kappa shape index (κ2) is 4.50. The lowest BCUT2D eigenvalue weighted by molar-refractivity contribution is 0.476. The summed E-state index contributed by atoms with van der Waals surface area (Å²) < 4.78 is 26.8. The van der Waals surface area contributed by atoms with E-state index in [9.17, 15) is 8.78 Å². The van der Waals surface area contributed by atoms with Crippen molar-refractivity contribution in [2.24, 2.45) is 5.73 Å². The Balaban J connectivity index is 3.15. The summed E-state index contributed by atoms with van der Waals surface area (Å²) in [5, 5.41) is 1.43. The van der Waals surface area contributed by atoms with Gasteiger partial charge in [0.1, 0.15) is 10.7 Å². The fourth-order valence-corrected chi connectivity index (χ4v) is 1.16. The fraction of sp³-hybridized carbons (Fsp3) is 0.222. The Hall–Kier alpha value is -1.27. The van der Waals surface area contributed by atoms with Crippen molar-refractivity contribution in [1.82, 2.24) is 5.01 Å². The third kappa shape index (κ3) is 2.84. The SMILES string of the molecule is CN(C)Nc1c(F)cc(C(N)=S)cc1F. The number of anilines is 1.